The first kappa shape index (κ1) is 12.5. The van der Waals surface area contributed by atoms with Crippen molar-refractivity contribution in [1.82, 2.24) is 4.90 Å². The summed E-state index contributed by atoms with van der Waals surface area (Å²) in [5.74, 6) is 0.957. The van der Waals surface area contributed by atoms with Crippen LogP contribution < -0.4 is 0 Å². The molecule has 3 aliphatic heterocycles. The van der Waals surface area contributed by atoms with Gasteiger partial charge in [-0.3, -0.25) is 4.90 Å². The standard InChI is InChI=1S/C19H19NO2/c21-12-4-3-11-8-18-14-6-5-13(22)10-16(14)19(15(11)9-12)17-2-1-7-20(17)18/h3-6,9-10,17-19,21-22H,1-2,7-8H2/t17-,18+,19-/m0/s1. The molecule has 22 heavy (non-hydrogen) atoms. The molecule has 2 N–H and O–H groups in total. The molecule has 112 valence electrons. The minimum absolute atomic E-state index is 0.269. The summed E-state index contributed by atoms with van der Waals surface area (Å²) in [4.78, 5) is 2.65. The largest absolute Gasteiger partial charge is 0.508 e. The van der Waals surface area contributed by atoms with Gasteiger partial charge >= 0.3 is 0 Å². The molecule has 2 aromatic carbocycles. The van der Waals surface area contributed by atoms with Crippen LogP contribution in [0.15, 0.2) is 36.4 Å². The Hall–Kier alpha value is -2.00. The maximum Gasteiger partial charge on any atom is 0.115 e. The fourth-order valence-corrected chi connectivity index (χ4v) is 4.95. The molecule has 0 aromatic heterocycles. The lowest BCUT2D eigenvalue weighted by Crippen LogP contribution is -2.41. The van der Waals surface area contributed by atoms with Crippen LogP contribution in [0.5, 0.6) is 11.5 Å². The highest BCUT2D eigenvalue weighted by Gasteiger charge is 2.47. The van der Waals surface area contributed by atoms with Gasteiger partial charge in [-0.25, -0.2) is 0 Å². The number of aromatic hydroxyl groups is 2. The van der Waals surface area contributed by atoms with Crippen LogP contribution in [-0.2, 0) is 6.42 Å². The van der Waals surface area contributed by atoms with E-state index in [2.05, 4.69) is 17.0 Å². The Balaban J connectivity index is 1.82. The molecule has 0 unspecified atom stereocenters. The first-order valence-corrected chi connectivity index (χ1v) is 8.13. The van der Waals surface area contributed by atoms with Crippen LogP contribution in [0.25, 0.3) is 0 Å². The van der Waals surface area contributed by atoms with Gasteiger partial charge in [0.15, 0.2) is 0 Å². The topological polar surface area (TPSA) is 43.7 Å². The SMILES string of the molecule is Oc1ccc2c(c1)[C@H]1c3cc(O)ccc3[C@@H](C2)N2CCC[C@@H]12. The van der Waals surface area contributed by atoms with Crippen molar-refractivity contribution in [3.63, 3.8) is 0 Å². The Kier molecular flexibility index (Phi) is 2.43. The van der Waals surface area contributed by atoms with Crippen LogP contribution in [0.2, 0.25) is 0 Å². The summed E-state index contributed by atoms with van der Waals surface area (Å²) in [5, 5.41) is 20.0. The van der Waals surface area contributed by atoms with Gasteiger partial charge in [-0.05, 0) is 72.3 Å². The van der Waals surface area contributed by atoms with Crippen LogP contribution in [-0.4, -0.2) is 27.7 Å². The minimum Gasteiger partial charge on any atom is -0.508 e. The molecule has 1 fully saturated rings. The van der Waals surface area contributed by atoms with Gasteiger partial charge in [-0.15, -0.1) is 0 Å². The Labute approximate surface area is 129 Å². The highest BCUT2D eigenvalue weighted by atomic mass is 16.3. The quantitative estimate of drug-likeness (QED) is 0.783. The van der Waals surface area contributed by atoms with Gasteiger partial charge in [0.25, 0.3) is 0 Å². The summed E-state index contributed by atoms with van der Waals surface area (Å²) in [5.41, 5.74) is 5.22. The molecule has 1 saturated heterocycles. The summed E-state index contributed by atoms with van der Waals surface area (Å²) < 4.78 is 0. The Bertz CT molecular complexity index is 770. The first-order chi connectivity index (χ1) is 10.7. The number of phenolic OH excluding ortho intramolecular Hbond substituents is 2. The molecule has 0 radical (unpaired) electrons. The second-order valence-corrected chi connectivity index (χ2v) is 6.84. The molecule has 3 heteroatoms. The minimum atomic E-state index is 0.269. The fourth-order valence-electron chi connectivity index (χ4n) is 4.95. The second kappa shape index (κ2) is 4.26. The molecule has 6 rings (SSSR count). The van der Waals surface area contributed by atoms with Gasteiger partial charge in [0.2, 0.25) is 0 Å². The van der Waals surface area contributed by atoms with Gasteiger partial charge in [-0.1, -0.05) is 12.1 Å². The van der Waals surface area contributed by atoms with E-state index in [4.69, 9.17) is 0 Å². The molecule has 2 aromatic rings. The molecule has 4 aliphatic rings. The third kappa shape index (κ3) is 1.55. The van der Waals surface area contributed by atoms with E-state index in [1.54, 1.807) is 6.07 Å². The Morgan fingerprint density at radius 1 is 0.909 bits per heavy atom. The van der Waals surface area contributed by atoms with Crippen molar-refractivity contribution in [3.8, 4) is 11.5 Å². The summed E-state index contributed by atoms with van der Waals surface area (Å²) in [6.07, 6.45) is 3.44. The molecular formula is C19H19NO2. The van der Waals surface area contributed by atoms with Gasteiger partial charge < -0.3 is 10.2 Å². The zero-order valence-electron chi connectivity index (χ0n) is 12.4. The number of phenols is 2. The number of nitrogens with zero attached hydrogens (tertiary/aromatic N) is 1. The van der Waals surface area contributed by atoms with Gasteiger partial charge in [-0.2, -0.15) is 0 Å². The number of benzene rings is 2. The monoisotopic (exact) mass is 293 g/mol. The van der Waals surface area contributed by atoms with E-state index in [9.17, 15) is 10.2 Å². The average molecular weight is 293 g/mol. The third-order valence-electron chi connectivity index (χ3n) is 5.77. The number of hydrogen-bond acceptors (Lipinski definition) is 3. The van der Waals surface area contributed by atoms with Crippen molar-refractivity contribution in [3.05, 3.63) is 58.7 Å². The van der Waals surface area contributed by atoms with Crippen molar-refractivity contribution in [1.29, 1.82) is 0 Å². The lowest BCUT2D eigenvalue weighted by molar-refractivity contribution is 0.157. The fraction of sp³-hybridized carbons (Fsp3) is 0.368. The number of rotatable bonds is 0. The van der Waals surface area contributed by atoms with E-state index in [0.29, 0.717) is 23.6 Å². The maximum atomic E-state index is 9.99. The van der Waals surface area contributed by atoms with E-state index in [1.807, 2.05) is 18.2 Å². The summed E-state index contributed by atoms with van der Waals surface area (Å²) >= 11 is 0. The van der Waals surface area contributed by atoms with E-state index in [0.717, 1.165) is 13.0 Å². The van der Waals surface area contributed by atoms with Crippen molar-refractivity contribution < 1.29 is 10.2 Å². The molecule has 3 atom stereocenters. The van der Waals surface area contributed by atoms with Gasteiger partial charge in [0.05, 0.1) is 0 Å². The van der Waals surface area contributed by atoms with Crippen LogP contribution >= 0.6 is 0 Å². The molecule has 0 spiro atoms. The predicted molar refractivity (Wildman–Crippen MR) is 84.2 cm³/mol. The van der Waals surface area contributed by atoms with E-state index >= 15 is 0 Å². The molecule has 2 bridgehead atoms. The zero-order chi connectivity index (χ0) is 14.8. The third-order valence-corrected chi connectivity index (χ3v) is 5.77. The predicted octanol–water partition coefficient (Wildman–Crippen LogP) is 3.30. The molecule has 3 nitrogen and oxygen atoms in total. The summed E-state index contributed by atoms with van der Waals surface area (Å²) in [7, 11) is 0. The van der Waals surface area contributed by atoms with E-state index in [-0.39, 0.29) is 5.92 Å². The summed E-state index contributed by atoms with van der Waals surface area (Å²) in [6.45, 7) is 1.16. The van der Waals surface area contributed by atoms with Crippen molar-refractivity contribution in [2.24, 2.45) is 0 Å². The highest BCUT2D eigenvalue weighted by molar-refractivity contribution is 5.53. The Morgan fingerprint density at radius 2 is 1.68 bits per heavy atom. The lowest BCUT2D eigenvalue weighted by atomic mass is 9.78. The first-order valence-electron chi connectivity index (χ1n) is 8.13. The maximum absolute atomic E-state index is 9.99. The second-order valence-electron chi connectivity index (χ2n) is 6.84. The van der Waals surface area contributed by atoms with Crippen molar-refractivity contribution in [2.75, 3.05) is 6.54 Å². The van der Waals surface area contributed by atoms with E-state index < -0.39 is 0 Å². The van der Waals surface area contributed by atoms with Crippen LogP contribution in [0, 0.1) is 0 Å². The van der Waals surface area contributed by atoms with Gasteiger partial charge in [0.1, 0.15) is 11.5 Å². The highest BCUT2D eigenvalue weighted by Crippen LogP contribution is 2.53. The zero-order valence-corrected chi connectivity index (χ0v) is 12.4. The molecular weight excluding hydrogens is 274 g/mol. The van der Waals surface area contributed by atoms with Gasteiger partial charge in [0, 0.05) is 18.0 Å². The smallest absolute Gasteiger partial charge is 0.115 e. The van der Waals surface area contributed by atoms with Crippen LogP contribution in [0.3, 0.4) is 0 Å². The summed E-state index contributed by atoms with van der Waals surface area (Å²) in [6, 6.07) is 12.6. The van der Waals surface area contributed by atoms with Crippen molar-refractivity contribution >= 4 is 0 Å². The van der Waals surface area contributed by atoms with Crippen LogP contribution in [0.1, 0.15) is 47.1 Å². The lowest BCUT2D eigenvalue weighted by Gasteiger charge is -2.41. The van der Waals surface area contributed by atoms with Crippen LogP contribution in [0.4, 0.5) is 0 Å². The molecule has 0 amide bonds. The molecule has 0 saturated carbocycles. The molecule has 1 aliphatic carbocycles. The Morgan fingerprint density at radius 3 is 2.55 bits per heavy atom. The average Bonchev–Trinajstić information content (AvgIpc) is 2.89. The van der Waals surface area contributed by atoms with E-state index in [1.165, 1.54) is 35.1 Å². The molecule has 3 heterocycles. The normalized spacial score (nSPS) is 28.8. The number of hydrogen-bond donors (Lipinski definition) is 2. The van der Waals surface area contributed by atoms with Crippen molar-refractivity contribution in [2.45, 2.75) is 37.3 Å².